The minimum absolute atomic E-state index is 0.0102. The Hall–Kier alpha value is -4.56. The number of amides is 2. The number of nitrogen functional groups attached to an aromatic ring is 1. The fraction of sp³-hybridized carbons (Fsp3) is 0.345. The molecule has 11 nitrogen and oxygen atoms in total. The number of fused-ring (bicyclic) bond motifs is 1. The van der Waals surface area contributed by atoms with E-state index in [0.29, 0.717) is 49.0 Å². The van der Waals surface area contributed by atoms with Gasteiger partial charge in [-0.15, -0.1) is 0 Å². The van der Waals surface area contributed by atoms with Crippen LogP contribution in [0.25, 0.3) is 16.8 Å². The van der Waals surface area contributed by atoms with Crippen molar-refractivity contribution in [3.05, 3.63) is 71.9 Å². The monoisotopic (exact) mass is 595 g/mol. The molecule has 4 aromatic rings. The number of ether oxygens (including phenoxy) is 2. The maximum Gasteiger partial charge on any atom is 0.416 e. The number of imidazole rings is 1. The summed E-state index contributed by atoms with van der Waals surface area (Å²) in [5.41, 5.74) is 6.64. The van der Waals surface area contributed by atoms with E-state index in [-0.39, 0.29) is 29.1 Å². The molecule has 3 aromatic heterocycles. The van der Waals surface area contributed by atoms with Gasteiger partial charge in [0.1, 0.15) is 34.8 Å². The molecule has 3 N–H and O–H groups in total. The molecule has 2 saturated heterocycles. The summed E-state index contributed by atoms with van der Waals surface area (Å²) in [6.07, 6.45) is -0.859. The van der Waals surface area contributed by atoms with Gasteiger partial charge in [0.15, 0.2) is 0 Å². The first-order valence-corrected chi connectivity index (χ1v) is 13.5. The lowest BCUT2D eigenvalue weighted by Gasteiger charge is -2.45. The van der Waals surface area contributed by atoms with Gasteiger partial charge in [-0.05, 0) is 38.1 Å². The molecule has 5 heterocycles. The highest BCUT2D eigenvalue weighted by Gasteiger charge is 2.46. The second-order valence-corrected chi connectivity index (χ2v) is 11.0. The van der Waals surface area contributed by atoms with Crippen molar-refractivity contribution in [1.29, 1.82) is 0 Å². The maximum atomic E-state index is 13.3. The lowest BCUT2D eigenvalue weighted by atomic mass is 9.86. The Kier molecular flexibility index (Phi) is 7.05. The van der Waals surface area contributed by atoms with Gasteiger partial charge in [-0.2, -0.15) is 13.2 Å². The number of anilines is 2. The van der Waals surface area contributed by atoms with Crippen LogP contribution in [0.15, 0.2) is 55.0 Å². The first-order chi connectivity index (χ1) is 20.4. The number of nitrogens with two attached hydrogens (primary N) is 1. The van der Waals surface area contributed by atoms with Gasteiger partial charge < -0.3 is 25.4 Å². The molecule has 0 saturated carbocycles. The zero-order valence-electron chi connectivity index (χ0n) is 23.3. The number of carbonyl (C=O) groups is 2. The SMILES string of the molecule is C[C@H]1CO[C@@H](c2nc(-c3ccc(C(=O)Nc4cc(C(F)(F)F)ccn4)cc3)c3c(N)nccn23)CN1C(=O)C1(C)COC1. The van der Waals surface area contributed by atoms with Crippen LogP contribution in [0.5, 0.6) is 0 Å². The number of halogens is 3. The normalized spacial score (nSPS) is 20.1. The number of nitrogens with one attached hydrogen (secondary N) is 1. The van der Waals surface area contributed by atoms with Gasteiger partial charge in [0.2, 0.25) is 5.91 Å². The Morgan fingerprint density at radius 3 is 2.53 bits per heavy atom. The quantitative estimate of drug-likeness (QED) is 0.354. The third kappa shape index (κ3) is 5.27. The Morgan fingerprint density at radius 2 is 1.86 bits per heavy atom. The van der Waals surface area contributed by atoms with Crippen LogP contribution in [0.2, 0.25) is 0 Å². The van der Waals surface area contributed by atoms with Crippen molar-refractivity contribution in [2.24, 2.45) is 5.41 Å². The maximum absolute atomic E-state index is 13.3. The molecule has 2 fully saturated rings. The van der Waals surface area contributed by atoms with Gasteiger partial charge in [-0.25, -0.2) is 15.0 Å². The van der Waals surface area contributed by atoms with E-state index >= 15 is 0 Å². The molecule has 43 heavy (non-hydrogen) atoms. The first kappa shape index (κ1) is 28.6. The third-order valence-electron chi connectivity index (χ3n) is 7.70. The second kappa shape index (κ2) is 10.6. The summed E-state index contributed by atoms with van der Waals surface area (Å²) in [5.74, 6) is -0.0761. The number of morpholine rings is 1. The molecule has 0 radical (unpaired) electrons. The molecule has 0 unspecified atom stereocenters. The standard InChI is InChI=1S/C29H28F3N7O4/c1-16-13-43-20(12-39(16)27(41)28(2)14-42-15-28)25-37-22(23-24(33)35-9-10-38(23)25)17-3-5-18(6-4-17)26(40)36-21-11-19(7-8-34-21)29(30,31)32/h3-11,16,20H,12-15H2,1-2H3,(H2,33,35)(H,34,36,40)/t16-,20+/m0/s1. The largest absolute Gasteiger partial charge is 0.416 e. The first-order valence-electron chi connectivity index (χ1n) is 13.5. The summed E-state index contributed by atoms with van der Waals surface area (Å²) < 4.78 is 52.4. The van der Waals surface area contributed by atoms with Crippen molar-refractivity contribution in [3.8, 4) is 11.3 Å². The Bertz CT molecular complexity index is 1700. The van der Waals surface area contributed by atoms with Crippen molar-refractivity contribution >= 4 is 29.0 Å². The summed E-state index contributed by atoms with van der Waals surface area (Å²) >= 11 is 0. The number of benzene rings is 1. The lowest BCUT2D eigenvalue weighted by Crippen LogP contribution is -2.58. The van der Waals surface area contributed by atoms with Crippen LogP contribution in [-0.4, -0.2) is 68.5 Å². The molecule has 1 aromatic carbocycles. The molecule has 2 amide bonds. The van der Waals surface area contributed by atoms with Crippen LogP contribution in [0.1, 0.15) is 41.7 Å². The average Bonchev–Trinajstić information content (AvgIpc) is 3.36. The molecule has 2 aliphatic rings. The van der Waals surface area contributed by atoms with Crippen molar-refractivity contribution in [3.63, 3.8) is 0 Å². The van der Waals surface area contributed by atoms with Crippen molar-refractivity contribution < 1.29 is 32.2 Å². The lowest BCUT2D eigenvalue weighted by molar-refractivity contribution is -0.179. The van der Waals surface area contributed by atoms with Gasteiger partial charge >= 0.3 is 6.18 Å². The van der Waals surface area contributed by atoms with Crippen LogP contribution in [0.4, 0.5) is 24.8 Å². The molecular formula is C29H28F3N7O4. The summed E-state index contributed by atoms with van der Waals surface area (Å²) in [6.45, 7) is 5.20. The molecule has 2 aliphatic heterocycles. The molecule has 2 atom stereocenters. The van der Waals surface area contributed by atoms with E-state index in [0.717, 1.165) is 18.3 Å². The van der Waals surface area contributed by atoms with E-state index in [9.17, 15) is 22.8 Å². The number of rotatable bonds is 5. The number of nitrogens with zero attached hydrogens (tertiary/aromatic N) is 5. The fourth-order valence-corrected chi connectivity index (χ4v) is 5.23. The highest BCUT2D eigenvalue weighted by atomic mass is 19.4. The van der Waals surface area contributed by atoms with E-state index in [1.165, 1.54) is 12.1 Å². The van der Waals surface area contributed by atoms with E-state index in [4.69, 9.17) is 20.2 Å². The predicted octanol–water partition coefficient (Wildman–Crippen LogP) is 3.97. The predicted molar refractivity (Wildman–Crippen MR) is 149 cm³/mol. The molecule has 6 rings (SSSR count). The minimum Gasteiger partial charge on any atom is -0.382 e. The summed E-state index contributed by atoms with van der Waals surface area (Å²) in [5, 5.41) is 2.40. The molecular weight excluding hydrogens is 567 g/mol. The Balaban J connectivity index is 1.27. The molecule has 224 valence electrons. The van der Waals surface area contributed by atoms with E-state index < -0.39 is 29.2 Å². The van der Waals surface area contributed by atoms with Crippen molar-refractivity contribution in [2.45, 2.75) is 32.2 Å². The fourth-order valence-electron chi connectivity index (χ4n) is 5.23. The molecule has 0 bridgehead atoms. The van der Waals surface area contributed by atoms with E-state index in [2.05, 4.69) is 15.3 Å². The molecule has 0 spiro atoms. The topological polar surface area (TPSA) is 137 Å². The zero-order valence-corrected chi connectivity index (χ0v) is 23.3. The van der Waals surface area contributed by atoms with Crippen LogP contribution in [-0.2, 0) is 20.4 Å². The highest BCUT2D eigenvalue weighted by molar-refractivity contribution is 6.04. The van der Waals surface area contributed by atoms with Crippen molar-refractivity contribution in [2.75, 3.05) is 37.4 Å². The number of hydrogen-bond donors (Lipinski definition) is 2. The smallest absolute Gasteiger partial charge is 0.382 e. The number of pyridine rings is 1. The van der Waals surface area contributed by atoms with Crippen LogP contribution in [0.3, 0.4) is 0 Å². The third-order valence-corrected chi connectivity index (χ3v) is 7.70. The number of alkyl halides is 3. The highest BCUT2D eigenvalue weighted by Crippen LogP contribution is 2.36. The van der Waals surface area contributed by atoms with Gasteiger partial charge in [0.05, 0.1) is 43.4 Å². The number of hydrogen-bond acceptors (Lipinski definition) is 8. The van der Waals surface area contributed by atoms with Gasteiger partial charge in [0.25, 0.3) is 5.91 Å². The van der Waals surface area contributed by atoms with Gasteiger partial charge in [0, 0.05) is 29.7 Å². The average molecular weight is 596 g/mol. The molecule has 0 aliphatic carbocycles. The Morgan fingerprint density at radius 1 is 1.12 bits per heavy atom. The van der Waals surface area contributed by atoms with Crippen LogP contribution >= 0.6 is 0 Å². The molecule has 14 heteroatoms. The van der Waals surface area contributed by atoms with Gasteiger partial charge in [-0.1, -0.05) is 12.1 Å². The van der Waals surface area contributed by atoms with Crippen LogP contribution in [0, 0.1) is 5.41 Å². The van der Waals surface area contributed by atoms with Crippen molar-refractivity contribution in [1.82, 2.24) is 24.3 Å². The summed E-state index contributed by atoms with van der Waals surface area (Å²) in [4.78, 5) is 40.8. The van der Waals surface area contributed by atoms with Crippen LogP contribution < -0.4 is 11.1 Å². The minimum atomic E-state index is -4.56. The number of carbonyl (C=O) groups excluding carboxylic acids is 2. The Labute approximate surface area is 243 Å². The summed E-state index contributed by atoms with van der Waals surface area (Å²) in [6, 6.07) is 7.83. The van der Waals surface area contributed by atoms with Gasteiger partial charge in [-0.3, -0.25) is 14.0 Å². The number of aromatic nitrogens is 4. The van der Waals surface area contributed by atoms with E-state index in [1.54, 1.807) is 28.9 Å². The second-order valence-electron chi connectivity index (χ2n) is 11.0. The summed E-state index contributed by atoms with van der Waals surface area (Å²) in [7, 11) is 0. The zero-order chi connectivity index (χ0) is 30.5. The van der Waals surface area contributed by atoms with E-state index in [1.807, 2.05) is 18.7 Å².